The second-order valence-corrected chi connectivity index (χ2v) is 8.01. The fourth-order valence-electron chi connectivity index (χ4n) is 3.58. The van der Waals surface area contributed by atoms with Gasteiger partial charge in [0.15, 0.2) is 0 Å². The minimum atomic E-state index is -0.963. The van der Waals surface area contributed by atoms with Crippen molar-refractivity contribution in [2.24, 2.45) is 0 Å². The molecule has 1 rings (SSSR count). The van der Waals surface area contributed by atoms with Gasteiger partial charge in [-0.05, 0) is 43.7 Å². The molecule has 0 amide bonds. The average Bonchev–Trinajstić information content (AvgIpc) is 2.71. The van der Waals surface area contributed by atoms with Crippen molar-refractivity contribution in [3.05, 3.63) is 47.5 Å². The van der Waals surface area contributed by atoms with Crippen LogP contribution in [0, 0.1) is 0 Å². The Kier molecular flexibility index (Phi) is 14.7. The Morgan fingerprint density at radius 2 is 1.34 bits per heavy atom. The first-order valence-electron chi connectivity index (χ1n) is 11.6. The fraction of sp³-hybridized carbons (Fsp3) is 0.615. The zero-order valence-corrected chi connectivity index (χ0v) is 18.3. The molecule has 0 spiro atoms. The number of Topliss-reactive ketones (excluding diaryl/α,β-unsaturated/α-hetero) is 1. The highest BCUT2D eigenvalue weighted by atomic mass is 16.4. The minimum Gasteiger partial charge on any atom is -0.478 e. The summed E-state index contributed by atoms with van der Waals surface area (Å²) in [4.78, 5) is 23.3. The SMILES string of the molecule is CCCCCCCC/C=C/CCCCCCCC(=O)Cc1ccccc1C(=O)O. The Bertz CT molecular complexity index is 604. The highest BCUT2D eigenvalue weighted by Gasteiger charge is 2.12. The highest BCUT2D eigenvalue weighted by Crippen LogP contribution is 2.13. The lowest BCUT2D eigenvalue weighted by Gasteiger charge is -2.05. The van der Waals surface area contributed by atoms with Crippen LogP contribution in [0.2, 0.25) is 0 Å². The van der Waals surface area contributed by atoms with E-state index in [-0.39, 0.29) is 17.8 Å². The molecule has 0 bridgehead atoms. The topological polar surface area (TPSA) is 54.4 Å². The quantitative estimate of drug-likeness (QED) is 0.205. The van der Waals surface area contributed by atoms with Crippen molar-refractivity contribution in [2.75, 3.05) is 0 Å². The summed E-state index contributed by atoms with van der Waals surface area (Å²) in [6.45, 7) is 2.26. The van der Waals surface area contributed by atoms with E-state index in [1.807, 2.05) is 0 Å². The molecule has 0 aliphatic rings. The van der Waals surface area contributed by atoms with Gasteiger partial charge in [0.2, 0.25) is 0 Å². The van der Waals surface area contributed by atoms with Crippen molar-refractivity contribution in [3.8, 4) is 0 Å². The molecule has 0 fully saturated rings. The zero-order chi connectivity index (χ0) is 21.2. The van der Waals surface area contributed by atoms with E-state index in [1.165, 1.54) is 70.6 Å². The molecule has 3 heteroatoms. The van der Waals surface area contributed by atoms with Gasteiger partial charge < -0.3 is 5.11 Å². The number of ketones is 1. The van der Waals surface area contributed by atoms with Gasteiger partial charge in [-0.2, -0.15) is 0 Å². The van der Waals surface area contributed by atoms with Crippen molar-refractivity contribution >= 4 is 11.8 Å². The predicted octanol–water partition coefficient (Wildman–Crippen LogP) is 7.53. The van der Waals surface area contributed by atoms with Gasteiger partial charge in [-0.25, -0.2) is 4.79 Å². The molecule has 29 heavy (non-hydrogen) atoms. The molecule has 3 nitrogen and oxygen atoms in total. The summed E-state index contributed by atoms with van der Waals surface area (Å²) in [6, 6.07) is 6.78. The second-order valence-electron chi connectivity index (χ2n) is 8.01. The Labute approximate surface area is 177 Å². The Balaban J connectivity index is 1.97. The Morgan fingerprint density at radius 3 is 1.97 bits per heavy atom. The summed E-state index contributed by atoms with van der Waals surface area (Å²) in [5.74, 6) is -0.828. The lowest BCUT2D eigenvalue weighted by Crippen LogP contribution is -2.08. The normalized spacial score (nSPS) is 11.2. The molecule has 0 atom stereocenters. The van der Waals surface area contributed by atoms with E-state index in [4.69, 9.17) is 0 Å². The van der Waals surface area contributed by atoms with Crippen LogP contribution in [0.1, 0.15) is 113 Å². The number of carboxylic acid groups (broad SMARTS) is 1. The third-order valence-corrected chi connectivity index (χ3v) is 5.35. The standard InChI is InChI=1S/C26H40O3/c1-2-3-4-5-6-7-8-9-10-11-12-13-14-15-16-20-24(27)22-23-19-17-18-21-25(23)26(28)29/h9-10,17-19,21H,2-8,11-16,20,22H2,1H3,(H,28,29)/b10-9+. The molecule has 0 saturated carbocycles. The number of hydrogen-bond acceptors (Lipinski definition) is 2. The van der Waals surface area contributed by atoms with Crippen LogP contribution < -0.4 is 0 Å². The van der Waals surface area contributed by atoms with Crippen molar-refractivity contribution < 1.29 is 14.7 Å². The van der Waals surface area contributed by atoms with Gasteiger partial charge in [0.05, 0.1) is 5.56 Å². The van der Waals surface area contributed by atoms with Gasteiger partial charge in [0, 0.05) is 12.8 Å². The van der Waals surface area contributed by atoms with Crippen LogP contribution >= 0.6 is 0 Å². The third kappa shape index (κ3) is 13.0. The zero-order valence-electron chi connectivity index (χ0n) is 18.3. The van der Waals surface area contributed by atoms with Crippen molar-refractivity contribution in [3.63, 3.8) is 0 Å². The van der Waals surface area contributed by atoms with Gasteiger partial charge >= 0.3 is 5.97 Å². The van der Waals surface area contributed by atoms with Gasteiger partial charge in [-0.3, -0.25) is 4.79 Å². The maximum absolute atomic E-state index is 12.1. The molecule has 0 aromatic heterocycles. The van der Waals surface area contributed by atoms with Crippen LogP contribution in [-0.4, -0.2) is 16.9 Å². The van der Waals surface area contributed by atoms with Crippen LogP contribution in [0.25, 0.3) is 0 Å². The number of allylic oxidation sites excluding steroid dienone is 2. The smallest absolute Gasteiger partial charge is 0.335 e. The summed E-state index contributed by atoms with van der Waals surface area (Å²) in [5.41, 5.74) is 0.864. The van der Waals surface area contributed by atoms with E-state index < -0.39 is 5.97 Å². The average molecular weight is 401 g/mol. The van der Waals surface area contributed by atoms with Crippen LogP contribution in [-0.2, 0) is 11.2 Å². The number of aromatic carboxylic acids is 1. The van der Waals surface area contributed by atoms with E-state index in [9.17, 15) is 14.7 Å². The lowest BCUT2D eigenvalue weighted by molar-refractivity contribution is -0.118. The number of hydrogen-bond donors (Lipinski definition) is 1. The minimum absolute atomic E-state index is 0.135. The molecule has 162 valence electrons. The van der Waals surface area contributed by atoms with Crippen molar-refractivity contribution in [1.29, 1.82) is 0 Å². The van der Waals surface area contributed by atoms with Crippen molar-refractivity contribution in [2.45, 2.75) is 103 Å². The molecular weight excluding hydrogens is 360 g/mol. The van der Waals surface area contributed by atoms with E-state index >= 15 is 0 Å². The number of carbonyl (C=O) groups excluding carboxylic acids is 1. The molecule has 0 aliphatic carbocycles. The molecule has 0 aliphatic heterocycles. The Hall–Kier alpha value is -1.90. The molecule has 0 saturated heterocycles. The highest BCUT2D eigenvalue weighted by molar-refractivity contribution is 5.92. The fourth-order valence-corrected chi connectivity index (χ4v) is 3.58. The van der Waals surface area contributed by atoms with Crippen LogP contribution in [0.5, 0.6) is 0 Å². The van der Waals surface area contributed by atoms with Crippen LogP contribution in [0.3, 0.4) is 0 Å². The van der Waals surface area contributed by atoms with E-state index in [2.05, 4.69) is 19.1 Å². The maximum Gasteiger partial charge on any atom is 0.335 e. The first kappa shape index (κ1) is 25.1. The third-order valence-electron chi connectivity index (χ3n) is 5.35. The maximum atomic E-state index is 12.1. The Morgan fingerprint density at radius 1 is 0.793 bits per heavy atom. The number of carboxylic acids is 1. The number of rotatable bonds is 18. The largest absolute Gasteiger partial charge is 0.478 e. The summed E-state index contributed by atoms with van der Waals surface area (Å²) < 4.78 is 0. The summed E-state index contributed by atoms with van der Waals surface area (Å²) in [5, 5.41) is 9.18. The predicted molar refractivity (Wildman–Crippen MR) is 122 cm³/mol. The molecular formula is C26H40O3. The molecule has 0 heterocycles. The molecule has 0 radical (unpaired) electrons. The number of carbonyl (C=O) groups is 2. The van der Waals surface area contributed by atoms with Crippen LogP contribution in [0.15, 0.2) is 36.4 Å². The number of benzene rings is 1. The summed E-state index contributed by atoms with van der Waals surface area (Å²) in [7, 11) is 0. The van der Waals surface area contributed by atoms with Gasteiger partial charge in [0.1, 0.15) is 5.78 Å². The van der Waals surface area contributed by atoms with Gasteiger partial charge in [-0.15, -0.1) is 0 Å². The van der Waals surface area contributed by atoms with Gasteiger partial charge in [0.25, 0.3) is 0 Å². The first-order valence-corrected chi connectivity index (χ1v) is 11.6. The van der Waals surface area contributed by atoms with Crippen molar-refractivity contribution in [1.82, 2.24) is 0 Å². The molecule has 1 aromatic carbocycles. The second kappa shape index (κ2) is 17.0. The molecule has 1 N–H and O–H groups in total. The molecule has 1 aromatic rings. The summed E-state index contributed by atoms with van der Waals surface area (Å²) >= 11 is 0. The van der Waals surface area contributed by atoms with E-state index in [0.717, 1.165) is 12.8 Å². The van der Waals surface area contributed by atoms with Crippen LogP contribution in [0.4, 0.5) is 0 Å². The lowest BCUT2D eigenvalue weighted by atomic mass is 9.99. The van der Waals surface area contributed by atoms with Gasteiger partial charge in [-0.1, -0.05) is 88.6 Å². The summed E-state index contributed by atoms with van der Waals surface area (Å²) in [6.07, 6.45) is 21.6. The van der Waals surface area contributed by atoms with E-state index in [0.29, 0.717) is 12.0 Å². The molecule has 0 unspecified atom stereocenters. The van der Waals surface area contributed by atoms with E-state index in [1.54, 1.807) is 24.3 Å². The first-order chi connectivity index (χ1) is 14.1. The number of unbranched alkanes of at least 4 members (excludes halogenated alkanes) is 11. The monoisotopic (exact) mass is 400 g/mol.